The molecular formula is C18H28N6OS. The van der Waals surface area contributed by atoms with Crippen LogP contribution in [0.3, 0.4) is 0 Å². The summed E-state index contributed by atoms with van der Waals surface area (Å²) in [6.07, 6.45) is 7.27. The predicted octanol–water partition coefficient (Wildman–Crippen LogP) is 2.36. The Balaban J connectivity index is 1.40. The van der Waals surface area contributed by atoms with Crippen LogP contribution in [0.15, 0.2) is 11.6 Å². The van der Waals surface area contributed by atoms with Gasteiger partial charge in [0.25, 0.3) is 5.91 Å². The van der Waals surface area contributed by atoms with Gasteiger partial charge in [-0.15, -0.1) is 16.4 Å². The van der Waals surface area contributed by atoms with Crippen LogP contribution in [0.2, 0.25) is 0 Å². The third-order valence-electron chi connectivity index (χ3n) is 4.62. The summed E-state index contributed by atoms with van der Waals surface area (Å²) in [5.41, 5.74) is 1.41. The minimum Gasteiger partial charge on any atom is -0.350 e. The van der Waals surface area contributed by atoms with Crippen molar-refractivity contribution < 1.29 is 4.79 Å². The van der Waals surface area contributed by atoms with Gasteiger partial charge in [0, 0.05) is 36.9 Å². The number of amides is 1. The molecule has 0 saturated carbocycles. The first-order valence-corrected chi connectivity index (χ1v) is 10.4. The number of carbonyl (C=O) groups excluding carboxylic acids is 1. The Morgan fingerprint density at radius 3 is 3.08 bits per heavy atom. The highest BCUT2D eigenvalue weighted by Gasteiger charge is 2.14. The molecule has 0 aromatic carbocycles. The number of nitrogens with zero attached hydrogens (tertiary/aromatic N) is 4. The molecule has 26 heavy (non-hydrogen) atoms. The van der Waals surface area contributed by atoms with Crippen LogP contribution < -0.4 is 10.6 Å². The molecule has 1 aliphatic heterocycles. The first-order valence-electron chi connectivity index (χ1n) is 9.48. The number of nitrogens with one attached hydrogen (secondary N) is 2. The van der Waals surface area contributed by atoms with Gasteiger partial charge in [-0.1, -0.05) is 25.5 Å². The molecule has 3 rings (SSSR count). The summed E-state index contributed by atoms with van der Waals surface area (Å²) < 4.78 is 1.76. The van der Waals surface area contributed by atoms with Gasteiger partial charge in [-0.05, 0) is 25.8 Å². The molecule has 0 radical (unpaired) electrons. The zero-order valence-electron chi connectivity index (χ0n) is 15.6. The number of hydrogen-bond acceptors (Lipinski definition) is 6. The minimum atomic E-state index is -0.175. The van der Waals surface area contributed by atoms with Crippen LogP contribution in [-0.4, -0.2) is 45.0 Å². The Kier molecular flexibility index (Phi) is 6.73. The number of hydrogen-bond donors (Lipinski definition) is 2. The molecule has 1 unspecified atom stereocenters. The minimum absolute atomic E-state index is 0.175. The van der Waals surface area contributed by atoms with Gasteiger partial charge in [0.1, 0.15) is 0 Å². The smallest absolute Gasteiger partial charge is 0.273 e. The second-order valence-corrected chi connectivity index (χ2v) is 8.03. The van der Waals surface area contributed by atoms with Gasteiger partial charge >= 0.3 is 0 Å². The Morgan fingerprint density at radius 1 is 1.46 bits per heavy atom. The number of thiazole rings is 1. The van der Waals surface area contributed by atoms with E-state index in [2.05, 4.69) is 45.2 Å². The lowest BCUT2D eigenvalue weighted by molar-refractivity contribution is 0.0949. The van der Waals surface area contributed by atoms with E-state index < -0.39 is 0 Å². The van der Waals surface area contributed by atoms with E-state index in [9.17, 15) is 4.79 Å². The molecule has 1 aliphatic rings. The molecule has 1 saturated heterocycles. The summed E-state index contributed by atoms with van der Waals surface area (Å²) >= 11 is 1.68. The summed E-state index contributed by atoms with van der Waals surface area (Å²) in [4.78, 5) is 16.8. The Morgan fingerprint density at radius 2 is 2.35 bits per heavy atom. The molecule has 8 heteroatoms. The standard InChI is InChI=1S/C18H28N6OS/c1-13(2)18-21-15(12-26-18)6-9-20-17(25)16-11-24(23-22-16)10-7-14-5-3-4-8-19-14/h11-14,19H,3-10H2,1-2H3,(H,20,25). The lowest BCUT2D eigenvalue weighted by Gasteiger charge is -2.23. The fraction of sp³-hybridized carbons (Fsp3) is 0.667. The number of aryl methyl sites for hydroxylation is 1. The highest BCUT2D eigenvalue weighted by Crippen LogP contribution is 2.19. The van der Waals surface area contributed by atoms with Crippen molar-refractivity contribution in [1.29, 1.82) is 0 Å². The molecule has 3 heterocycles. The molecule has 0 aliphatic carbocycles. The van der Waals surface area contributed by atoms with Crippen molar-refractivity contribution in [1.82, 2.24) is 30.6 Å². The lowest BCUT2D eigenvalue weighted by atomic mass is 10.0. The molecule has 2 N–H and O–H groups in total. The van der Waals surface area contributed by atoms with E-state index in [1.54, 1.807) is 22.2 Å². The van der Waals surface area contributed by atoms with Crippen molar-refractivity contribution in [3.63, 3.8) is 0 Å². The first-order chi connectivity index (χ1) is 12.6. The van der Waals surface area contributed by atoms with E-state index in [1.807, 2.05) is 0 Å². The van der Waals surface area contributed by atoms with Crippen molar-refractivity contribution in [3.05, 3.63) is 28.0 Å². The van der Waals surface area contributed by atoms with Gasteiger partial charge in [-0.25, -0.2) is 4.98 Å². The summed E-state index contributed by atoms with van der Waals surface area (Å²) in [6.45, 7) is 6.72. The van der Waals surface area contributed by atoms with Crippen LogP contribution in [0.1, 0.15) is 66.6 Å². The maximum absolute atomic E-state index is 12.2. The van der Waals surface area contributed by atoms with Crippen LogP contribution in [-0.2, 0) is 13.0 Å². The Labute approximate surface area is 158 Å². The van der Waals surface area contributed by atoms with E-state index in [0.717, 1.165) is 36.6 Å². The maximum Gasteiger partial charge on any atom is 0.273 e. The van der Waals surface area contributed by atoms with Crippen molar-refractivity contribution in [3.8, 4) is 0 Å². The molecule has 2 aromatic heterocycles. The maximum atomic E-state index is 12.2. The largest absolute Gasteiger partial charge is 0.350 e. The Hall–Kier alpha value is -1.80. The van der Waals surface area contributed by atoms with Crippen LogP contribution in [0.5, 0.6) is 0 Å². The van der Waals surface area contributed by atoms with Gasteiger partial charge in [0.2, 0.25) is 0 Å². The first kappa shape index (κ1) is 19.0. The van der Waals surface area contributed by atoms with Crippen molar-refractivity contribution in [2.75, 3.05) is 13.1 Å². The topological polar surface area (TPSA) is 84.7 Å². The van der Waals surface area contributed by atoms with E-state index in [-0.39, 0.29) is 5.91 Å². The summed E-state index contributed by atoms with van der Waals surface area (Å²) in [5.74, 6) is 0.272. The third-order valence-corrected chi connectivity index (χ3v) is 5.81. The van der Waals surface area contributed by atoms with Crippen molar-refractivity contribution >= 4 is 17.2 Å². The second kappa shape index (κ2) is 9.23. The van der Waals surface area contributed by atoms with Crippen LogP contribution in [0, 0.1) is 0 Å². The normalized spacial score (nSPS) is 17.6. The molecule has 1 fully saturated rings. The van der Waals surface area contributed by atoms with Gasteiger partial charge in [-0.3, -0.25) is 9.48 Å². The van der Waals surface area contributed by atoms with E-state index in [0.29, 0.717) is 24.2 Å². The Bertz CT molecular complexity index is 704. The zero-order valence-corrected chi connectivity index (χ0v) is 16.4. The van der Waals surface area contributed by atoms with Crippen LogP contribution in [0.25, 0.3) is 0 Å². The van der Waals surface area contributed by atoms with Gasteiger partial charge < -0.3 is 10.6 Å². The molecule has 0 bridgehead atoms. The zero-order chi connectivity index (χ0) is 18.4. The molecule has 142 valence electrons. The fourth-order valence-electron chi connectivity index (χ4n) is 3.07. The number of rotatable bonds is 8. The van der Waals surface area contributed by atoms with Crippen molar-refractivity contribution in [2.24, 2.45) is 0 Å². The predicted molar refractivity (Wildman–Crippen MR) is 103 cm³/mol. The monoisotopic (exact) mass is 376 g/mol. The highest BCUT2D eigenvalue weighted by molar-refractivity contribution is 7.09. The molecule has 1 amide bonds. The molecule has 0 spiro atoms. The van der Waals surface area contributed by atoms with Crippen LogP contribution in [0.4, 0.5) is 0 Å². The third kappa shape index (κ3) is 5.35. The molecule has 7 nitrogen and oxygen atoms in total. The van der Waals surface area contributed by atoms with Crippen LogP contribution >= 0.6 is 11.3 Å². The lowest BCUT2D eigenvalue weighted by Crippen LogP contribution is -2.34. The number of aromatic nitrogens is 4. The summed E-state index contributed by atoms with van der Waals surface area (Å²) in [7, 11) is 0. The number of piperidine rings is 1. The number of carbonyl (C=O) groups is 1. The highest BCUT2D eigenvalue weighted by atomic mass is 32.1. The van der Waals surface area contributed by atoms with E-state index >= 15 is 0 Å². The summed E-state index contributed by atoms with van der Waals surface area (Å²) in [5, 5.41) is 17.7. The SMILES string of the molecule is CC(C)c1nc(CCNC(=O)c2cn(CCC3CCCCN3)nn2)cs1. The molecule has 1 atom stereocenters. The fourth-order valence-corrected chi connectivity index (χ4v) is 3.94. The molecule has 2 aromatic rings. The van der Waals surface area contributed by atoms with Gasteiger partial charge in [0.15, 0.2) is 5.69 Å². The van der Waals surface area contributed by atoms with Gasteiger partial charge in [0.05, 0.1) is 16.9 Å². The van der Waals surface area contributed by atoms with E-state index in [4.69, 9.17) is 0 Å². The summed E-state index contributed by atoms with van der Waals surface area (Å²) in [6, 6.07) is 0.555. The quantitative estimate of drug-likeness (QED) is 0.739. The second-order valence-electron chi connectivity index (χ2n) is 7.14. The molecular weight excluding hydrogens is 348 g/mol. The van der Waals surface area contributed by atoms with E-state index in [1.165, 1.54) is 19.3 Å². The average Bonchev–Trinajstić information content (AvgIpc) is 3.30. The van der Waals surface area contributed by atoms with Gasteiger partial charge in [-0.2, -0.15) is 0 Å². The average molecular weight is 377 g/mol. The van der Waals surface area contributed by atoms with Crippen molar-refractivity contribution in [2.45, 2.75) is 64.5 Å².